The third-order valence-electron chi connectivity index (χ3n) is 4.98. The maximum atomic E-state index is 12.4. The van der Waals surface area contributed by atoms with Crippen molar-refractivity contribution < 1.29 is 14.4 Å². The van der Waals surface area contributed by atoms with Gasteiger partial charge in [-0.3, -0.25) is 4.79 Å². The fraction of sp³-hybridized carbons (Fsp3) is 0.474. The molecule has 0 aliphatic carbocycles. The average Bonchev–Trinajstić information content (AvgIpc) is 2.92. The van der Waals surface area contributed by atoms with Gasteiger partial charge in [0.2, 0.25) is 5.91 Å². The number of aryl methyl sites for hydroxylation is 2. The Kier molecular flexibility index (Phi) is 4.88. The zero-order valence-corrected chi connectivity index (χ0v) is 14.3. The van der Waals surface area contributed by atoms with E-state index >= 15 is 0 Å². The Morgan fingerprint density at radius 3 is 2.50 bits per heavy atom. The maximum absolute atomic E-state index is 12.4. The first kappa shape index (κ1) is 16.6. The molecule has 1 aliphatic rings. The number of piperidine rings is 1. The zero-order valence-electron chi connectivity index (χ0n) is 14.3. The van der Waals surface area contributed by atoms with Crippen LogP contribution in [0.25, 0.3) is 0 Å². The minimum Gasteiger partial charge on any atom is -0.508 e. The summed E-state index contributed by atoms with van der Waals surface area (Å²) in [4.78, 5) is 14.4. The number of phenolic OH excluding ortho intramolecular Hbond substituents is 1. The van der Waals surface area contributed by atoms with Crippen molar-refractivity contribution in [2.24, 2.45) is 0 Å². The van der Waals surface area contributed by atoms with E-state index in [1.807, 2.05) is 30.9 Å². The highest BCUT2D eigenvalue weighted by Gasteiger charge is 2.24. The van der Waals surface area contributed by atoms with Gasteiger partial charge in [-0.2, -0.15) is 0 Å². The van der Waals surface area contributed by atoms with Crippen LogP contribution in [-0.2, 0) is 11.2 Å². The van der Waals surface area contributed by atoms with Crippen LogP contribution in [0.4, 0.5) is 0 Å². The van der Waals surface area contributed by atoms with Gasteiger partial charge in [-0.25, -0.2) is 0 Å². The molecule has 0 radical (unpaired) electrons. The first-order chi connectivity index (χ1) is 11.5. The number of carbonyl (C=O) groups is 1. The minimum absolute atomic E-state index is 0.208. The molecule has 0 saturated carbocycles. The van der Waals surface area contributed by atoms with Gasteiger partial charge in [0, 0.05) is 25.1 Å². The summed E-state index contributed by atoms with van der Waals surface area (Å²) >= 11 is 0. The van der Waals surface area contributed by atoms with Gasteiger partial charge in [0.05, 0.1) is 5.69 Å². The number of rotatable bonds is 4. The van der Waals surface area contributed by atoms with Crippen LogP contribution in [0.15, 0.2) is 28.8 Å². The van der Waals surface area contributed by atoms with Crippen LogP contribution >= 0.6 is 0 Å². The second kappa shape index (κ2) is 7.07. The first-order valence-corrected chi connectivity index (χ1v) is 8.53. The molecule has 0 bridgehead atoms. The third-order valence-corrected chi connectivity index (χ3v) is 4.98. The Morgan fingerprint density at radius 1 is 1.25 bits per heavy atom. The Balaban J connectivity index is 1.51. The predicted molar refractivity (Wildman–Crippen MR) is 91.0 cm³/mol. The van der Waals surface area contributed by atoms with Gasteiger partial charge in [-0.1, -0.05) is 17.3 Å². The number of nitrogens with zero attached hydrogens (tertiary/aromatic N) is 2. The molecule has 1 aliphatic heterocycles. The number of aromatic nitrogens is 1. The molecular formula is C19H24N2O3. The number of benzene rings is 1. The van der Waals surface area contributed by atoms with Crippen molar-refractivity contribution in [2.75, 3.05) is 13.1 Å². The highest BCUT2D eigenvalue weighted by atomic mass is 16.5. The van der Waals surface area contributed by atoms with Gasteiger partial charge >= 0.3 is 0 Å². The van der Waals surface area contributed by atoms with Crippen LogP contribution in [0.1, 0.15) is 47.8 Å². The number of phenols is 1. The van der Waals surface area contributed by atoms with Crippen molar-refractivity contribution in [3.63, 3.8) is 0 Å². The summed E-state index contributed by atoms with van der Waals surface area (Å²) in [6.45, 7) is 5.40. The van der Waals surface area contributed by atoms with E-state index < -0.39 is 0 Å². The summed E-state index contributed by atoms with van der Waals surface area (Å²) in [6.07, 6.45) is 3.15. The standard InChI is InChI=1S/C19H24N2O3/c1-13-18(14(2)24-20-13)7-8-19(23)21-11-9-16(10-12-21)15-3-5-17(22)6-4-15/h3-6,16,22H,7-12H2,1-2H3. The Labute approximate surface area is 142 Å². The monoisotopic (exact) mass is 328 g/mol. The first-order valence-electron chi connectivity index (χ1n) is 8.53. The van der Waals surface area contributed by atoms with E-state index in [1.54, 1.807) is 12.1 Å². The molecule has 1 aromatic heterocycles. The molecule has 0 atom stereocenters. The van der Waals surface area contributed by atoms with Crippen LogP contribution in [0, 0.1) is 13.8 Å². The molecule has 1 aromatic carbocycles. The highest BCUT2D eigenvalue weighted by molar-refractivity contribution is 5.76. The molecule has 2 heterocycles. The van der Waals surface area contributed by atoms with Crippen molar-refractivity contribution in [3.8, 4) is 5.75 Å². The lowest BCUT2D eigenvalue weighted by Gasteiger charge is -2.32. The van der Waals surface area contributed by atoms with Crippen molar-refractivity contribution in [3.05, 3.63) is 46.8 Å². The molecule has 1 amide bonds. The molecule has 1 saturated heterocycles. The quantitative estimate of drug-likeness (QED) is 0.935. The second-order valence-corrected chi connectivity index (χ2v) is 6.55. The Hall–Kier alpha value is -2.30. The number of carbonyl (C=O) groups excluding carboxylic acids is 1. The van der Waals surface area contributed by atoms with Crippen LogP contribution in [0.3, 0.4) is 0 Å². The maximum Gasteiger partial charge on any atom is 0.222 e. The fourth-order valence-electron chi connectivity index (χ4n) is 3.46. The molecular weight excluding hydrogens is 304 g/mol. The molecule has 2 aromatic rings. The molecule has 3 rings (SSSR count). The molecule has 0 spiro atoms. The van der Waals surface area contributed by atoms with E-state index in [4.69, 9.17) is 4.52 Å². The smallest absolute Gasteiger partial charge is 0.222 e. The molecule has 0 unspecified atom stereocenters. The summed E-state index contributed by atoms with van der Waals surface area (Å²) < 4.78 is 5.15. The van der Waals surface area contributed by atoms with E-state index in [2.05, 4.69) is 5.16 Å². The van der Waals surface area contributed by atoms with Crippen molar-refractivity contribution in [2.45, 2.75) is 45.4 Å². The van der Waals surface area contributed by atoms with Gasteiger partial charge < -0.3 is 14.5 Å². The molecule has 128 valence electrons. The third kappa shape index (κ3) is 3.61. The van der Waals surface area contributed by atoms with E-state index in [1.165, 1.54) is 5.56 Å². The van der Waals surface area contributed by atoms with Gasteiger partial charge in [-0.05, 0) is 56.7 Å². The van der Waals surface area contributed by atoms with E-state index in [0.29, 0.717) is 24.5 Å². The molecule has 5 nitrogen and oxygen atoms in total. The SMILES string of the molecule is Cc1noc(C)c1CCC(=O)N1CCC(c2ccc(O)cc2)CC1. The van der Waals surface area contributed by atoms with Gasteiger partial charge in [0.15, 0.2) is 0 Å². The van der Waals surface area contributed by atoms with Crippen LogP contribution in [0.2, 0.25) is 0 Å². The number of hydrogen-bond acceptors (Lipinski definition) is 4. The number of amides is 1. The largest absolute Gasteiger partial charge is 0.508 e. The number of likely N-dealkylation sites (tertiary alicyclic amines) is 1. The van der Waals surface area contributed by atoms with Gasteiger partial charge in [0.25, 0.3) is 0 Å². The summed E-state index contributed by atoms with van der Waals surface area (Å²) in [6, 6.07) is 7.43. The normalized spacial score (nSPS) is 15.7. The minimum atomic E-state index is 0.208. The summed E-state index contributed by atoms with van der Waals surface area (Å²) in [5.41, 5.74) is 3.18. The number of aromatic hydroxyl groups is 1. The van der Waals surface area contributed by atoms with Crippen LogP contribution < -0.4 is 0 Å². The highest BCUT2D eigenvalue weighted by Crippen LogP contribution is 2.29. The van der Waals surface area contributed by atoms with Gasteiger partial charge in [0.1, 0.15) is 11.5 Å². The van der Waals surface area contributed by atoms with E-state index in [0.717, 1.165) is 42.9 Å². The second-order valence-electron chi connectivity index (χ2n) is 6.55. The number of hydrogen-bond donors (Lipinski definition) is 1. The van der Waals surface area contributed by atoms with Crippen molar-refractivity contribution >= 4 is 5.91 Å². The summed E-state index contributed by atoms with van der Waals surface area (Å²) in [5.74, 6) is 1.79. The fourth-order valence-corrected chi connectivity index (χ4v) is 3.46. The van der Waals surface area contributed by atoms with E-state index in [-0.39, 0.29) is 5.91 Å². The predicted octanol–water partition coefficient (Wildman–Crippen LogP) is 3.34. The lowest BCUT2D eigenvalue weighted by molar-refractivity contribution is -0.132. The average molecular weight is 328 g/mol. The Bertz CT molecular complexity index is 678. The van der Waals surface area contributed by atoms with Gasteiger partial charge in [-0.15, -0.1) is 0 Å². The lowest BCUT2D eigenvalue weighted by atomic mass is 9.89. The molecule has 1 fully saturated rings. The molecule has 1 N–H and O–H groups in total. The lowest BCUT2D eigenvalue weighted by Crippen LogP contribution is -2.38. The van der Waals surface area contributed by atoms with Crippen LogP contribution in [0.5, 0.6) is 5.75 Å². The van der Waals surface area contributed by atoms with Crippen molar-refractivity contribution in [1.29, 1.82) is 0 Å². The topological polar surface area (TPSA) is 66.6 Å². The summed E-state index contributed by atoms with van der Waals surface area (Å²) in [5, 5.41) is 13.3. The van der Waals surface area contributed by atoms with Crippen molar-refractivity contribution in [1.82, 2.24) is 10.1 Å². The van der Waals surface area contributed by atoms with Crippen LogP contribution in [-0.4, -0.2) is 34.2 Å². The Morgan fingerprint density at radius 2 is 1.92 bits per heavy atom. The zero-order chi connectivity index (χ0) is 17.1. The van der Waals surface area contributed by atoms with E-state index in [9.17, 15) is 9.90 Å². The summed E-state index contributed by atoms with van der Waals surface area (Å²) in [7, 11) is 0. The molecule has 24 heavy (non-hydrogen) atoms. The molecule has 5 heteroatoms.